The van der Waals surface area contributed by atoms with Crippen molar-refractivity contribution in [1.29, 1.82) is 0 Å². The van der Waals surface area contributed by atoms with Gasteiger partial charge in [0, 0.05) is 11.3 Å². The SMILES string of the molecule is CC1(C)CC1c1nc(C2COCCO2)cs1. The molecule has 3 nitrogen and oxygen atoms in total. The summed E-state index contributed by atoms with van der Waals surface area (Å²) in [6, 6.07) is 0. The van der Waals surface area contributed by atoms with E-state index < -0.39 is 0 Å². The Bertz CT molecular complexity index is 382. The van der Waals surface area contributed by atoms with Gasteiger partial charge in [-0.15, -0.1) is 11.3 Å². The van der Waals surface area contributed by atoms with E-state index in [2.05, 4.69) is 19.2 Å². The molecule has 0 amide bonds. The predicted molar refractivity (Wildman–Crippen MR) is 62.8 cm³/mol. The smallest absolute Gasteiger partial charge is 0.124 e. The zero-order valence-electron chi connectivity index (χ0n) is 9.73. The Morgan fingerprint density at radius 3 is 2.88 bits per heavy atom. The molecule has 2 heterocycles. The largest absolute Gasteiger partial charge is 0.376 e. The third-order valence-electron chi connectivity index (χ3n) is 3.50. The number of nitrogens with zero attached hydrogens (tertiary/aromatic N) is 1. The number of ether oxygens (including phenoxy) is 2. The average molecular weight is 239 g/mol. The lowest BCUT2D eigenvalue weighted by atomic mass is 10.1. The maximum Gasteiger partial charge on any atom is 0.124 e. The molecule has 1 aliphatic heterocycles. The molecular weight excluding hydrogens is 222 g/mol. The second-order valence-corrected chi connectivity index (χ2v) is 6.18. The van der Waals surface area contributed by atoms with Crippen LogP contribution in [0, 0.1) is 5.41 Å². The van der Waals surface area contributed by atoms with Crippen molar-refractivity contribution < 1.29 is 9.47 Å². The van der Waals surface area contributed by atoms with Gasteiger partial charge < -0.3 is 9.47 Å². The van der Waals surface area contributed by atoms with Crippen LogP contribution in [0.1, 0.15) is 43.0 Å². The second-order valence-electron chi connectivity index (χ2n) is 5.29. The number of hydrogen-bond acceptors (Lipinski definition) is 4. The minimum absolute atomic E-state index is 0.0561. The van der Waals surface area contributed by atoms with E-state index in [1.54, 1.807) is 11.3 Å². The molecule has 0 spiro atoms. The van der Waals surface area contributed by atoms with Gasteiger partial charge in [-0.25, -0.2) is 4.98 Å². The number of hydrogen-bond donors (Lipinski definition) is 0. The highest BCUT2D eigenvalue weighted by atomic mass is 32.1. The van der Waals surface area contributed by atoms with E-state index in [0.29, 0.717) is 31.2 Å². The normalized spacial score (nSPS) is 32.6. The molecule has 2 atom stereocenters. The second kappa shape index (κ2) is 3.79. The Morgan fingerprint density at radius 2 is 2.25 bits per heavy atom. The minimum atomic E-state index is 0.0561. The maximum absolute atomic E-state index is 5.65. The van der Waals surface area contributed by atoms with Gasteiger partial charge in [-0.3, -0.25) is 0 Å². The molecule has 2 aliphatic rings. The van der Waals surface area contributed by atoms with Crippen LogP contribution in [0.25, 0.3) is 0 Å². The van der Waals surface area contributed by atoms with Crippen LogP contribution in [-0.2, 0) is 9.47 Å². The van der Waals surface area contributed by atoms with Gasteiger partial charge in [-0.1, -0.05) is 13.8 Å². The molecule has 88 valence electrons. The van der Waals surface area contributed by atoms with E-state index in [4.69, 9.17) is 14.5 Å². The van der Waals surface area contributed by atoms with Gasteiger partial charge in [0.1, 0.15) is 6.10 Å². The molecule has 3 rings (SSSR count). The molecule has 0 bridgehead atoms. The first-order valence-electron chi connectivity index (χ1n) is 5.81. The van der Waals surface area contributed by atoms with E-state index in [9.17, 15) is 0 Å². The highest BCUT2D eigenvalue weighted by Crippen LogP contribution is 2.59. The highest BCUT2D eigenvalue weighted by molar-refractivity contribution is 7.09. The van der Waals surface area contributed by atoms with Gasteiger partial charge in [-0.2, -0.15) is 0 Å². The first kappa shape index (κ1) is 10.7. The third kappa shape index (κ3) is 1.90. The molecule has 2 fully saturated rings. The van der Waals surface area contributed by atoms with Gasteiger partial charge in [0.25, 0.3) is 0 Å². The molecule has 2 unspecified atom stereocenters. The fourth-order valence-corrected chi connectivity index (χ4v) is 3.33. The minimum Gasteiger partial charge on any atom is -0.376 e. The van der Waals surface area contributed by atoms with Crippen molar-refractivity contribution in [3.05, 3.63) is 16.1 Å². The van der Waals surface area contributed by atoms with Crippen molar-refractivity contribution in [2.24, 2.45) is 5.41 Å². The first-order valence-corrected chi connectivity index (χ1v) is 6.69. The van der Waals surface area contributed by atoms with Crippen molar-refractivity contribution in [3.63, 3.8) is 0 Å². The van der Waals surface area contributed by atoms with Gasteiger partial charge in [0.15, 0.2) is 0 Å². The van der Waals surface area contributed by atoms with Crippen molar-refractivity contribution in [2.45, 2.75) is 32.3 Å². The Kier molecular flexibility index (Phi) is 2.53. The summed E-state index contributed by atoms with van der Waals surface area (Å²) >= 11 is 1.77. The van der Waals surface area contributed by atoms with Crippen molar-refractivity contribution in [3.8, 4) is 0 Å². The molecular formula is C12H17NO2S. The summed E-state index contributed by atoms with van der Waals surface area (Å²) in [6.07, 6.45) is 1.32. The summed E-state index contributed by atoms with van der Waals surface area (Å²) in [5.41, 5.74) is 1.52. The van der Waals surface area contributed by atoms with Crippen LogP contribution in [0.2, 0.25) is 0 Å². The van der Waals surface area contributed by atoms with Gasteiger partial charge in [0.2, 0.25) is 0 Å². The van der Waals surface area contributed by atoms with Crippen LogP contribution >= 0.6 is 11.3 Å². The number of aromatic nitrogens is 1. The van der Waals surface area contributed by atoms with Crippen molar-refractivity contribution >= 4 is 11.3 Å². The van der Waals surface area contributed by atoms with Crippen molar-refractivity contribution in [2.75, 3.05) is 19.8 Å². The van der Waals surface area contributed by atoms with Gasteiger partial charge in [-0.05, 0) is 11.8 Å². The number of thiazole rings is 1. The van der Waals surface area contributed by atoms with E-state index >= 15 is 0 Å². The molecule has 16 heavy (non-hydrogen) atoms. The molecule has 1 saturated carbocycles. The van der Waals surface area contributed by atoms with Crippen LogP contribution in [0.3, 0.4) is 0 Å². The van der Waals surface area contributed by atoms with E-state index in [1.165, 1.54) is 11.4 Å². The van der Waals surface area contributed by atoms with Crippen LogP contribution in [0.5, 0.6) is 0 Å². The van der Waals surface area contributed by atoms with Gasteiger partial charge >= 0.3 is 0 Å². The van der Waals surface area contributed by atoms with Crippen LogP contribution in [0.15, 0.2) is 5.38 Å². The Balaban J connectivity index is 1.72. The standard InChI is InChI=1S/C12H17NO2S/c1-12(2)5-8(12)11-13-9(7-16-11)10-6-14-3-4-15-10/h7-8,10H,3-6H2,1-2H3. The van der Waals surface area contributed by atoms with Crippen LogP contribution < -0.4 is 0 Å². The zero-order chi connectivity index (χ0) is 11.2. The Morgan fingerprint density at radius 1 is 1.44 bits per heavy atom. The van der Waals surface area contributed by atoms with E-state index in [-0.39, 0.29) is 6.10 Å². The number of rotatable bonds is 2. The molecule has 4 heteroatoms. The lowest BCUT2D eigenvalue weighted by Gasteiger charge is -2.21. The fraction of sp³-hybridized carbons (Fsp3) is 0.750. The highest BCUT2D eigenvalue weighted by Gasteiger charge is 2.48. The summed E-state index contributed by atoms with van der Waals surface area (Å²) in [6.45, 7) is 6.66. The Labute approximate surface area is 99.8 Å². The summed E-state index contributed by atoms with van der Waals surface area (Å²) in [5, 5.41) is 3.40. The lowest BCUT2D eigenvalue weighted by molar-refractivity contribution is -0.0916. The zero-order valence-corrected chi connectivity index (χ0v) is 10.5. The quantitative estimate of drug-likeness (QED) is 0.795. The fourth-order valence-electron chi connectivity index (χ4n) is 2.16. The Hall–Kier alpha value is -0.450. The molecule has 0 aromatic carbocycles. The summed E-state index contributed by atoms with van der Waals surface area (Å²) in [7, 11) is 0. The summed E-state index contributed by atoms with van der Waals surface area (Å²) in [4.78, 5) is 4.71. The monoisotopic (exact) mass is 239 g/mol. The molecule has 1 aliphatic carbocycles. The van der Waals surface area contributed by atoms with E-state index in [0.717, 1.165) is 5.69 Å². The summed E-state index contributed by atoms with van der Waals surface area (Å²) in [5.74, 6) is 0.663. The predicted octanol–water partition coefficient (Wildman–Crippen LogP) is 2.74. The topological polar surface area (TPSA) is 31.4 Å². The van der Waals surface area contributed by atoms with E-state index in [1.807, 2.05) is 0 Å². The molecule has 0 N–H and O–H groups in total. The third-order valence-corrected chi connectivity index (χ3v) is 4.47. The maximum atomic E-state index is 5.65. The van der Waals surface area contributed by atoms with Crippen LogP contribution in [0.4, 0.5) is 0 Å². The molecule has 1 aromatic rings. The molecule has 0 radical (unpaired) electrons. The molecule has 1 saturated heterocycles. The van der Waals surface area contributed by atoms with Gasteiger partial charge in [0.05, 0.1) is 30.5 Å². The lowest BCUT2D eigenvalue weighted by Crippen LogP contribution is -2.22. The average Bonchev–Trinajstić information content (AvgIpc) is 2.76. The molecule has 1 aromatic heterocycles. The van der Waals surface area contributed by atoms with Crippen LogP contribution in [-0.4, -0.2) is 24.8 Å². The summed E-state index contributed by atoms with van der Waals surface area (Å²) < 4.78 is 11.1. The van der Waals surface area contributed by atoms with Crippen molar-refractivity contribution in [1.82, 2.24) is 4.98 Å². The first-order chi connectivity index (χ1) is 7.67.